The van der Waals surface area contributed by atoms with Gasteiger partial charge in [0, 0.05) is 13.1 Å². The van der Waals surface area contributed by atoms with E-state index < -0.39 is 5.97 Å². The number of ether oxygens (including phenoxy) is 1. The fraction of sp³-hybridized carbons (Fsp3) is 0.250. The third-order valence-electron chi connectivity index (χ3n) is 3.74. The molecule has 1 N–H and O–H groups in total. The van der Waals surface area contributed by atoms with Crippen molar-refractivity contribution in [1.29, 1.82) is 0 Å². The molecule has 0 atom stereocenters. The van der Waals surface area contributed by atoms with E-state index >= 15 is 0 Å². The average molecular weight is 301 g/mol. The topological polar surface area (TPSA) is 80.0 Å². The van der Waals surface area contributed by atoms with Gasteiger partial charge in [0.15, 0.2) is 5.76 Å². The van der Waals surface area contributed by atoms with Gasteiger partial charge in [0.05, 0.1) is 7.11 Å². The van der Waals surface area contributed by atoms with Crippen LogP contribution >= 0.6 is 0 Å². The maximum Gasteiger partial charge on any atom is 0.371 e. The molecule has 0 fully saturated rings. The Labute approximate surface area is 126 Å². The summed E-state index contributed by atoms with van der Waals surface area (Å²) in [5.41, 5.74) is 2.22. The predicted octanol–water partition coefficient (Wildman–Crippen LogP) is 2.18. The Bertz CT molecular complexity index is 734. The van der Waals surface area contributed by atoms with E-state index in [0.29, 0.717) is 13.1 Å². The van der Waals surface area contributed by atoms with Gasteiger partial charge < -0.3 is 19.2 Å². The summed E-state index contributed by atoms with van der Waals surface area (Å²) in [6, 6.07) is 8.51. The maximum absolute atomic E-state index is 12.4. The number of rotatable bonds is 3. The Morgan fingerprint density at radius 1 is 1.18 bits per heavy atom. The van der Waals surface area contributed by atoms with E-state index in [1.165, 1.54) is 17.7 Å². The number of nitrogens with zero attached hydrogens (tertiary/aromatic N) is 1. The second kappa shape index (κ2) is 5.55. The Kier molecular flexibility index (Phi) is 3.58. The molecule has 2 heterocycles. The number of carboxylic acid groups (broad SMARTS) is 1. The second-order valence-corrected chi connectivity index (χ2v) is 5.08. The second-order valence-electron chi connectivity index (χ2n) is 5.08. The van der Waals surface area contributed by atoms with Gasteiger partial charge in [-0.3, -0.25) is 4.79 Å². The van der Waals surface area contributed by atoms with Crippen LogP contribution in [0.3, 0.4) is 0 Å². The van der Waals surface area contributed by atoms with E-state index in [1.807, 2.05) is 18.2 Å². The van der Waals surface area contributed by atoms with Crippen molar-refractivity contribution in [3.8, 4) is 5.75 Å². The average Bonchev–Trinajstić information content (AvgIpc) is 3.03. The predicted molar refractivity (Wildman–Crippen MR) is 77.1 cm³/mol. The van der Waals surface area contributed by atoms with Gasteiger partial charge in [-0.1, -0.05) is 6.07 Å². The van der Waals surface area contributed by atoms with Crippen LogP contribution in [0.15, 0.2) is 34.7 Å². The van der Waals surface area contributed by atoms with Gasteiger partial charge in [-0.25, -0.2) is 4.79 Å². The summed E-state index contributed by atoms with van der Waals surface area (Å²) in [6.07, 6.45) is 0.748. The first-order chi connectivity index (χ1) is 10.6. The molecule has 0 spiro atoms. The smallest absolute Gasteiger partial charge is 0.371 e. The highest BCUT2D eigenvalue weighted by atomic mass is 16.5. The van der Waals surface area contributed by atoms with Crippen LogP contribution in [0.5, 0.6) is 5.75 Å². The summed E-state index contributed by atoms with van der Waals surface area (Å²) in [7, 11) is 1.60. The SMILES string of the molecule is COc1ccc2c(c1)CN(C(=O)c1ccc(C(=O)O)o1)CC2. The van der Waals surface area contributed by atoms with Crippen LogP contribution in [-0.2, 0) is 13.0 Å². The van der Waals surface area contributed by atoms with Gasteiger partial charge in [-0.05, 0) is 41.8 Å². The molecule has 1 aliphatic heterocycles. The molecular weight excluding hydrogens is 286 g/mol. The molecule has 0 aliphatic carbocycles. The summed E-state index contributed by atoms with van der Waals surface area (Å²) in [6.45, 7) is 1.02. The van der Waals surface area contributed by atoms with Crippen LogP contribution in [0.1, 0.15) is 32.2 Å². The van der Waals surface area contributed by atoms with Crippen molar-refractivity contribution < 1.29 is 23.8 Å². The van der Waals surface area contributed by atoms with Gasteiger partial charge in [-0.15, -0.1) is 0 Å². The Morgan fingerprint density at radius 2 is 1.95 bits per heavy atom. The standard InChI is InChI=1S/C16H15NO5/c1-21-12-3-2-10-6-7-17(9-11(10)8-12)15(18)13-4-5-14(22-13)16(19)20/h2-5,8H,6-7,9H2,1H3,(H,19,20). The van der Waals surface area contributed by atoms with Crippen molar-refractivity contribution in [1.82, 2.24) is 4.90 Å². The van der Waals surface area contributed by atoms with E-state index in [4.69, 9.17) is 14.3 Å². The zero-order valence-corrected chi connectivity index (χ0v) is 12.0. The van der Waals surface area contributed by atoms with Crippen molar-refractivity contribution in [3.05, 3.63) is 53.0 Å². The lowest BCUT2D eigenvalue weighted by Crippen LogP contribution is -2.35. The van der Waals surface area contributed by atoms with E-state index in [9.17, 15) is 9.59 Å². The number of carbonyl (C=O) groups excluding carboxylic acids is 1. The number of hydrogen-bond donors (Lipinski definition) is 1. The number of hydrogen-bond acceptors (Lipinski definition) is 4. The van der Waals surface area contributed by atoms with Crippen LogP contribution in [0, 0.1) is 0 Å². The Balaban J connectivity index is 1.80. The number of furan rings is 1. The molecule has 0 saturated carbocycles. The molecule has 1 aromatic heterocycles. The fourth-order valence-electron chi connectivity index (χ4n) is 2.56. The van der Waals surface area contributed by atoms with Gasteiger partial charge in [0.25, 0.3) is 5.91 Å². The first kappa shape index (κ1) is 14.2. The molecule has 0 bridgehead atoms. The number of fused-ring (bicyclic) bond motifs is 1. The summed E-state index contributed by atoms with van der Waals surface area (Å²) in [4.78, 5) is 24.9. The van der Waals surface area contributed by atoms with Crippen molar-refractivity contribution in [2.45, 2.75) is 13.0 Å². The molecule has 1 aliphatic rings. The van der Waals surface area contributed by atoms with Crippen LogP contribution in [0.25, 0.3) is 0 Å². The molecule has 1 amide bonds. The number of carbonyl (C=O) groups is 2. The number of aromatic carboxylic acids is 1. The Morgan fingerprint density at radius 3 is 2.64 bits per heavy atom. The molecule has 3 rings (SSSR count). The van der Waals surface area contributed by atoms with Crippen molar-refractivity contribution in [3.63, 3.8) is 0 Å². The van der Waals surface area contributed by atoms with E-state index in [2.05, 4.69) is 0 Å². The fourth-order valence-corrected chi connectivity index (χ4v) is 2.56. The van der Waals surface area contributed by atoms with E-state index in [1.54, 1.807) is 12.0 Å². The zero-order chi connectivity index (χ0) is 15.7. The number of carboxylic acids is 1. The first-order valence-electron chi connectivity index (χ1n) is 6.86. The largest absolute Gasteiger partial charge is 0.497 e. The lowest BCUT2D eigenvalue weighted by atomic mass is 9.99. The highest BCUT2D eigenvalue weighted by molar-refractivity contribution is 5.93. The maximum atomic E-state index is 12.4. The minimum Gasteiger partial charge on any atom is -0.497 e. The number of benzene rings is 1. The molecule has 1 aromatic carbocycles. The lowest BCUT2D eigenvalue weighted by molar-refractivity contribution is 0.0645. The van der Waals surface area contributed by atoms with Gasteiger partial charge in [0.2, 0.25) is 5.76 Å². The van der Waals surface area contributed by atoms with Crippen molar-refractivity contribution in [2.75, 3.05) is 13.7 Å². The van der Waals surface area contributed by atoms with Crippen LogP contribution < -0.4 is 4.74 Å². The van der Waals surface area contributed by atoms with Crippen LogP contribution in [-0.4, -0.2) is 35.5 Å². The van der Waals surface area contributed by atoms with Gasteiger partial charge >= 0.3 is 5.97 Å². The number of amides is 1. The lowest BCUT2D eigenvalue weighted by Gasteiger charge is -2.28. The third-order valence-corrected chi connectivity index (χ3v) is 3.74. The van der Waals surface area contributed by atoms with Gasteiger partial charge in [-0.2, -0.15) is 0 Å². The third kappa shape index (κ3) is 2.55. The Hall–Kier alpha value is -2.76. The van der Waals surface area contributed by atoms with Gasteiger partial charge in [0.1, 0.15) is 5.75 Å². The highest BCUT2D eigenvalue weighted by Gasteiger charge is 2.25. The van der Waals surface area contributed by atoms with E-state index in [-0.39, 0.29) is 17.4 Å². The minimum atomic E-state index is -1.19. The first-order valence-corrected chi connectivity index (χ1v) is 6.86. The highest BCUT2D eigenvalue weighted by Crippen LogP contribution is 2.25. The minimum absolute atomic E-state index is 0.0451. The quantitative estimate of drug-likeness (QED) is 0.940. The number of methoxy groups -OCH3 is 1. The molecule has 6 nitrogen and oxygen atoms in total. The summed E-state index contributed by atoms with van der Waals surface area (Å²) >= 11 is 0. The molecule has 0 radical (unpaired) electrons. The van der Waals surface area contributed by atoms with Crippen molar-refractivity contribution >= 4 is 11.9 Å². The van der Waals surface area contributed by atoms with E-state index in [0.717, 1.165) is 17.7 Å². The molecule has 0 saturated heterocycles. The summed E-state index contributed by atoms with van der Waals surface area (Å²) < 4.78 is 10.3. The molecular formula is C16H15NO5. The molecule has 22 heavy (non-hydrogen) atoms. The molecule has 0 unspecified atom stereocenters. The summed E-state index contributed by atoms with van der Waals surface area (Å²) in [5, 5.41) is 8.85. The zero-order valence-electron chi connectivity index (χ0n) is 12.0. The monoisotopic (exact) mass is 301 g/mol. The normalized spacial score (nSPS) is 13.6. The molecule has 6 heteroatoms. The van der Waals surface area contributed by atoms with Crippen molar-refractivity contribution in [2.24, 2.45) is 0 Å². The summed E-state index contributed by atoms with van der Waals surface area (Å²) in [5.74, 6) is -0.931. The van der Waals surface area contributed by atoms with Crippen LogP contribution in [0.4, 0.5) is 0 Å². The van der Waals surface area contributed by atoms with Crippen LogP contribution in [0.2, 0.25) is 0 Å². The molecule has 114 valence electrons. The molecule has 2 aromatic rings.